The number of carbonyl (C=O) groups excluding carboxylic acids is 1. The van der Waals surface area contributed by atoms with Gasteiger partial charge in [-0.05, 0) is 18.2 Å². The first-order valence-corrected chi connectivity index (χ1v) is 5.63. The lowest BCUT2D eigenvalue weighted by atomic mass is 10.0. The van der Waals surface area contributed by atoms with Crippen LogP contribution in [0.2, 0.25) is 0 Å². The highest BCUT2D eigenvalue weighted by molar-refractivity contribution is 9.10. The van der Waals surface area contributed by atoms with Crippen molar-refractivity contribution in [1.29, 1.82) is 0 Å². The van der Waals surface area contributed by atoms with E-state index in [0.29, 0.717) is 4.47 Å². The standard InChI is InChI=1S/C11H12BrFO4/c1-17-10(15)5-9(14)11(16)7-4-6(12)2-3-8(7)13/h2-4,9,11,14,16H,5H2,1H3. The van der Waals surface area contributed by atoms with Crippen molar-refractivity contribution in [2.75, 3.05) is 7.11 Å². The quantitative estimate of drug-likeness (QED) is 0.828. The van der Waals surface area contributed by atoms with Crippen LogP contribution in [0.4, 0.5) is 4.39 Å². The topological polar surface area (TPSA) is 66.8 Å². The van der Waals surface area contributed by atoms with E-state index in [9.17, 15) is 19.4 Å². The number of aliphatic hydroxyl groups is 2. The molecule has 1 rings (SSSR count). The van der Waals surface area contributed by atoms with Crippen molar-refractivity contribution in [2.45, 2.75) is 18.6 Å². The number of benzene rings is 1. The molecule has 1 aromatic carbocycles. The number of ether oxygens (including phenoxy) is 1. The Morgan fingerprint density at radius 3 is 2.76 bits per heavy atom. The van der Waals surface area contributed by atoms with Crippen LogP contribution in [0.5, 0.6) is 0 Å². The number of methoxy groups -OCH3 is 1. The average Bonchev–Trinajstić information content (AvgIpc) is 2.31. The van der Waals surface area contributed by atoms with Crippen molar-refractivity contribution in [3.05, 3.63) is 34.1 Å². The molecule has 0 aliphatic rings. The van der Waals surface area contributed by atoms with Crippen LogP contribution in [-0.2, 0) is 9.53 Å². The summed E-state index contributed by atoms with van der Waals surface area (Å²) in [5.41, 5.74) is -0.0734. The second-order valence-corrected chi connectivity index (χ2v) is 4.37. The van der Waals surface area contributed by atoms with Gasteiger partial charge in [0.25, 0.3) is 0 Å². The molecule has 1 aromatic rings. The number of carbonyl (C=O) groups is 1. The zero-order valence-corrected chi connectivity index (χ0v) is 10.6. The number of aliphatic hydroxyl groups excluding tert-OH is 2. The molecule has 2 unspecified atom stereocenters. The molecular weight excluding hydrogens is 295 g/mol. The van der Waals surface area contributed by atoms with Gasteiger partial charge in [0.05, 0.1) is 19.6 Å². The maximum atomic E-state index is 13.4. The average molecular weight is 307 g/mol. The molecule has 0 fully saturated rings. The highest BCUT2D eigenvalue weighted by atomic mass is 79.9. The van der Waals surface area contributed by atoms with Gasteiger partial charge in [-0.2, -0.15) is 0 Å². The van der Waals surface area contributed by atoms with E-state index in [4.69, 9.17) is 0 Å². The van der Waals surface area contributed by atoms with Crippen LogP contribution < -0.4 is 0 Å². The summed E-state index contributed by atoms with van der Waals surface area (Å²) in [5, 5.41) is 19.3. The van der Waals surface area contributed by atoms with Gasteiger partial charge in [-0.1, -0.05) is 15.9 Å². The molecule has 0 spiro atoms. The fourth-order valence-corrected chi connectivity index (χ4v) is 1.69. The number of rotatable bonds is 4. The summed E-state index contributed by atoms with van der Waals surface area (Å²) in [7, 11) is 1.17. The second-order valence-electron chi connectivity index (χ2n) is 3.46. The van der Waals surface area contributed by atoms with E-state index < -0.39 is 30.4 Å². The lowest BCUT2D eigenvalue weighted by Crippen LogP contribution is -2.23. The van der Waals surface area contributed by atoms with Crippen LogP contribution in [0.25, 0.3) is 0 Å². The Morgan fingerprint density at radius 1 is 1.53 bits per heavy atom. The molecule has 0 saturated heterocycles. The van der Waals surface area contributed by atoms with Gasteiger partial charge in [0.2, 0.25) is 0 Å². The van der Waals surface area contributed by atoms with Gasteiger partial charge >= 0.3 is 5.97 Å². The van der Waals surface area contributed by atoms with E-state index in [2.05, 4.69) is 20.7 Å². The summed E-state index contributed by atoms with van der Waals surface area (Å²) in [6.45, 7) is 0. The first kappa shape index (κ1) is 14.1. The largest absolute Gasteiger partial charge is 0.469 e. The predicted octanol–water partition coefficient (Wildman–Crippen LogP) is 1.55. The minimum atomic E-state index is -1.48. The van der Waals surface area contributed by atoms with Crippen molar-refractivity contribution in [3.8, 4) is 0 Å². The molecule has 0 aromatic heterocycles. The van der Waals surface area contributed by atoms with Crippen molar-refractivity contribution < 1.29 is 24.1 Å². The van der Waals surface area contributed by atoms with E-state index in [0.717, 1.165) is 6.07 Å². The van der Waals surface area contributed by atoms with Gasteiger partial charge < -0.3 is 14.9 Å². The van der Waals surface area contributed by atoms with Gasteiger partial charge in [-0.25, -0.2) is 4.39 Å². The molecule has 17 heavy (non-hydrogen) atoms. The molecule has 0 aliphatic carbocycles. The van der Waals surface area contributed by atoms with Crippen LogP contribution in [-0.4, -0.2) is 29.4 Å². The Balaban J connectivity index is 2.84. The van der Waals surface area contributed by atoms with Crippen LogP contribution in [0.15, 0.2) is 22.7 Å². The summed E-state index contributed by atoms with van der Waals surface area (Å²) in [5.74, 6) is -1.32. The molecule has 94 valence electrons. The second kappa shape index (κ2) is 6.09. The van der Waals surface area contributed by atoms with Gasteiger partial charge in [0, 0.05) is 10.0 Å². The molecule has 0 aliphatic heterocycles. The maximum Gasteiger partial charge on any atom is 0.308 e. The van der Waals surface area contributed by atoms with Crippen LogP contribution in [0.3, 0.4) is 0 Å². The normalized spacial score (nSPS) is 14.2. The molecule has 2 atom stereocenters. The minimum absolute atomic E-state index is 0.0734. The van der Waals surface area contributed by atoms with Gasteiger partial charge in [0.15, 0.2) is 0 Å². The molecule has 0 saturated carbocycles. The van der Waals surface area contributed by atoms with Gasteiger partial charge in [0.1, 0.15) is 11.9 Å². The van der Waals surface area contributed by atoms with Gasteiger partial charge in [-0.15, -0.1) is 0 Å². The first-order valence-electron chi connectivity index (χ1n) is 4.83. The maximum absolute atomic E-state index is 13.4. The Kier molecular flexibility index (Phi) is 5.04. The third kappa shape index (κ3) is 3.76. The molecular formula is C11H12BrFO4. The smallest absolute Gasteiger partial charge is 0.308 e. The Bertz CT molecular complexity index is 410. The molecule has 0 radical (unpaired) electrons. The molecule has 0 amide bonds. The van der Waals surface area contributed by atoms with Crippen molar-refractivity contribution in [2.24, 2.45) is 0 Å². The SMILES string of the molecule is COC(=O)CC(O)C(O)c1cc(Br)ccc1F. The van der Waals surface area contributed by atoms with Crippen molar-refractivity contribution in [1.82, 2.24) is 0 Å². The van der Waals surface area contributed by atoms with Gasteiger partial charge in [-0.3, -0.25) is 4.79 Å². The highest BCUT2D eigenvalue weighted by Crippen LogP contribution is 2.25. The third-order valence-corrected chi connectivity index (χ3v) is 2.74. The lowest BCUT2D eigenvalue weighted by Gasteiger charge is -2.17. The van der Waals surface area contributed by atoms with E-state index in [1.165, 1.54) is 19.2 Å². The number of halogens is 2. The summed E-state index contributed by atoms with van der Waals surface area (Å²) in [4.78, 5) is 10.9. The minimum Gasteiger partial charge on any atom is -0.469 e. The zero-order chi connectivity index (χ0) is 13.0. The Morgan fingerprint density at radius 2 is 2.18 bits per heavy atom. The van der Waals surface area contributed by atoms with Crippen LogP contribution >= 0.6 is 15.9 Å². The zero-order valence-electron chi connectivity index (χ0n) is 9.06. The van der Waals surface area contributed by atoms with Crippen molar-refractivity contribution >= 4 is 21.9 Å². The van der Waals surface area contributed by atoms with Crippen LogP contribution in [0, 0.1) is 5.82 Å². The number of hydrogen-bond donors (Lipinski definition) is 2. The molecule has 0 heterocycles. The predicted molar refractivity (Wildman–Crippen MR) is 61.7 cm³/mol. The summed E-state index contributed by atoms with van der Waals surface area (Å²) >= 11 is 3.13. The summed E-state index contributed by atoms with van der Waals surface area (Å²) in [6, 6.07) is 3.98. The fraction of sp³-hybridized carbons (Fsp3) is 0.364. The monoisotopic (exact) mass is 306 g/mol. The van der Waals surface area contributed by atoms with Crippen molar-refractivity contribution in [3.63, 3.8) is 0 Å². The molecule has 6 heteroatoms. The summed E-state index contributed by atoms with van der Waals surface area (Å²) in [6.07, 6.45) is -3.29. The Labute approximate surface area is 106 Å². The third-order valence-electron chi connectivity index (χ3n) is 2.24. The fourth-order valence-electron chi connectivity index (χ4n) is 1.31. The first-order chi connectivity index (χ1) is 7.95. The molecule has 0 bridgehead atoms. The number of esters is 1. The summed E-state index contributed by atoms with van der Waals surface area (Å²) < 4.78 is 18.3. The lowest BCUT2D eigenvalue weighted by molar-refractivity contribution is -0.144. The van der Waals surface area contributed by atoms with E-state index in [-0.39, 0.29) is 5.56 Å². The number of hydrogen-bond acceptors (Lipinski definition) is 4. The van der Waals surface area contributed by atoms with E-state index in [1.54, 1.807) is 0 Å². The Hall–Kier alpha value is -0.980. The van der Waals surface area contributed by atoms with E-state index in [1.807, 2.05) is 0 Å². The van der Waals surface area contributed by atoms with Crippen LogP contribution in [0.1, 0.15) is 18.1 Å². The molecule has 2 N–H and O–H groups in total. The van der Waals surface area contributed by atoms with E-state index >= 15 is 0 Å². The molecule has 4 nitrogen and oxygen atoms in total. The highest BCUT2D eigenvalue weighted by Gasteiger charge is 2.24.